The van der Waals surface area contributed by atoms with Gasteiger partial charge in [0.1, 0.15) is 17.5 Å². The highest BCUT2D eigenvalue weighted by molar-refractivity contribution is 5.68. The van der Waals surface area contributed by atoms with Gasteiger partial charge in [-0.1, -0.05) is 0 Å². The van der Waals surface area contributed by atoms with E-state index in [-0.39, 0.29) is 17.6 Å². The zero-order chi connectivity index (χ0) is 21.0. The van der Waals surface area contributed by atoms with Crippen LogP contribution in [0.2, 0.25) is 0 Å². The molecular weight excluding hydrogens is 370 g/mol. The number of carbonyl (C=O) groups is 1. The molecule has 0 aromatic carbocycles. The van der Waals surface area contributed by atoms with Gasteiger partial charge in [0, 0.05) is 24.3 Å². The topological polar surface area (TPSA) is 109 Å². The lowest BCUT2D eigenvalue weighted by Gasteiger charge is -2.22. The Balaban J connectivity index is 1.58. The average Bonchev–Trinajstić information content (AvgIpc) is 3.08. The Morgan fingerprint density at radius 2 is 2.00 bits per heavy atom. The lowest BCUT2D eigenvalue weighted by atomic mass is 10.2. The maximum Gasteiger partial charge on any atom is 0.407 e. The van der Waals surface area contributed by atoms with Crippen LogP contribution in [-0.2, 0) is 4.74 Å². The Morgan fingerprint density at radius 3 is 2.66 bits per heavy atom. The van der Waals surface area contributed by atoms with E-state index < -0.39 is 11.7 Å². The molecular formula is C21H25N5O3. The Morgan fingerprint density at radius 1 is 1.24 bits per heavy atom. The number of nitrogens with one attached hydrogen (secondary N) is 2. The normalized spacial score (nSPS) is 18.7. The second kappa shape index (κ2) is 8.35. The molecule has 2 atom stereocenters. The minimum atomic E-state index is -0.513. The second-order valence-electron chi connectivity index (χ2n) is 8.14. The van der Waals surface area contributed by atoms with Crippen LogP contribution in [0.5, 0.6) is 0 Å². The van der Waals surface area contributed by atoms with Crippen LogP contribution in [0.15, 0.2) is 41.5 Å². The maximum absolute atomic E-state index is 12.0. The molecule has 152 valence electrons. The number of nitriles is 1. The summed E-state index contributed by atoms with van der Waals surface area (Å²) >= 11 is 0. The maximum atomic E-state index is 12.0. The lowest BCUT2D eigenvalue weighted by molar-refractivity contribution is 0.0505. The Hall–Kier alpha value is -3.34. The van der Waals surface area contributed by atoms with Crippen molar-refractivity contribution in [2.24, 2.45) is 0 Å². The smallest absolute Gasteiger partial charge is 0.407 e. The summed E-state index contributed by atoms with van der Waals surface area (Å²) in [6.45, 7) is 5.52. The number of hydrogen-bond donors (Lipinski definition) is 2. The predicted molar refractivity (Wildman–Crippen MR) is 109 cm³/mol. The number of carbonyl (C=O) groups excluding carboxylic acids is 1. The SMILES string of the molecule is CC(C)(C)OC(=O)N[C@H]1CC[C@H](Nc2ccc(-n3cc(C#N)ccc3=O)cn2)C1. The Kier molecular flexibility index (Phi) is 5.87. The molecule has 0 unspecified atom stereocenters. The van der Waals surface area contributed by atoms with Crippen LogP contribution in [0, 0.1) is 11.3 Å². The van der Waals surface area contributed by atoms with Crippen molar-refractivity contribution >= 4 is 11.9 Å². The van der Waals surface area contributed by atoms with E-state index in [9.17, 15) is 9.59 Å². The molecule has 0 aliphatic heterocycles. The molecule has 1 fully saturated rings. The van der Waals surface area contributed by atoms with Crippen molar-refractivity contribution in [1.82, 2.24) is 14.9 Å². The van der Waals surface area contributed by atoms with Crippen molar-refractivity contribution in [3.05, 3.63) is 52.6 Å². The highest BCUT2D eigenvalue weighted by atomic mass is 16.6. The second-order valence-corrected chi connectivity index (χ2v) is 8.14. The van der Waals surface area contributed by atoms with Gasteiger partial charge in [0.2, 0.25) is 0 Å². The van der Waals surface area contributed by atoms with Gasteiger partial charge in [0.15, 0.2) is 0 Å². The fraction of sp³-hybridized carbons (Fsp3) is 0.429. The minimum Gasteiger partial charge on any atom is -0.444 e. The van der Waals surface area contributed by atoms with E-state index in [1.54, 1.807) is 18.3 Å². The number of ether oxygens (including phenoxy) is 1. The van der Waals surface area contributed by atoms with E-state index in [1.807, 2.05) is 26.8 Å². The van der Waals surface area contributed by atoms with Gasteiger partial charge in [-0.25, -0.2) is 9.78 Å². The van der Waals surface area contributed by atoms with Gasteiger partial charge in [-0.2, -0.15) is 5.26 Å². The quantitative estimate of drug-likeness (QED) is 0.824. The number of aromatic nitrogens is 2. The third-order valence-electron chi connectivity index (χ3n) is 4.57. The molecule has 2 aromatic heterocycles. The van der Waals surface area contributed by atoms with E-state index in [1.165, 1.54) is 22.9 Å². The summed E-state index contributed by atoms with van der Waals surface area (Å²) < 4.78 is 6.70. The van der Waals surface area contributed by atoms with Crippen LogP contribution in [0.25, 0.3) is 5.69 Å². The summed E-state index contributed by atoms with van der Waals surface area (Å²) in [5.74, 6) is 0.696. The average molecular weight is 395 g/mol. The van der Waals surface area contributed by atoms with Gasteiger partial charge < -0.3 is 15.4 Å². The van der Waals surface area contributed by atoms with Crippen molar-refractivity contribution in [3.8, 4) is 11.8 Å². The molecule has 1 amide bonds. The first-order valence-corrected chi connectivity index (χ1v) is 9.59. The van der Waals surface area contributed by atoms with Crippen molar-refractivity contribution in [2.75, 3.05) is 5.32 Å². The fourth-order valence-corrected chi connectivity index (χ4v) is 3.30. The van der Waals surface area contributed by atoms with Gasteiger partial charge in [-0.05, 0) is 58.2 Å². The lowest BCUT2D eigenvalue weighted by Crippen LogP contribution is -2.38. The molecule has 0 radical (unpaired) electrons. The number of pyridine rings is 2. The molecule has 2 aromatic rings. The number of nitrogens with zero attached hydrogens (tertiary/aromatic N) is 3. The van der Waals surface area contributed by atoms with Crippen LogP contribution >= 0.6 is 0 Å². The number of hydrogen-bond acceptors (Lipinski definition) is 6. The largest absolute Gasteiger partial charge is 0.444 e. The molecule has 1 aliphatic rings. The highest BCUT2D eigenvalue weighted by Gasteiger charge is 2.27. The summed E-state index contributed by atoms with van der Waals surface area (Å²) in [5, 5.41) is 15.3. The molecule has 1 aliphatic carbocycles. The van der Waals surface area contributed by atoms with Gasteiger partial charge in [-0.15, -0.1) is 0 Å². The van der Waals surface area contributed by atoms with Crippen LogP contribution in [-0.4, -0.2) is 33.3 Å². The van der Waals surface area contributed by atoms with Crippen LogP contribution in [0.4, 0.5) is 10.6 Å². The molecule has 1 saturated carbocycles. The molecule has 8 nitrogen and oxygen atoms in total. The van der Waals surface area contributed by atoms with Gasteiger partial charge in [-0.3, -0.25) is 9.36 Å². The first-order chi connectivity index (χ1) is 13.7. The van der Waals surface area contributed by atoms with Crippen LogP contribution < -0.4 is 16.2 Å². The van der Waals surface area contributed by atoms with E-state index in [2.05, 4.69) is 15.6 Å². The van der Waals surface area contributed by atoms with Crippen LogP contribution in [0.1, 0.15) is 45.6 Å². The van der Waals surface area contributed by atoms with E-state index in [4.69, 9.17) is 10.00 Å². The zero-order valence-corrected chi connectivity index (χ0v) is 16.8. The van der Waals surface area contributed by atoms with Gasteiger partial charge in [0.05, 0.1) is 17.4 Å². The fourth-order valence-electron chi connectivity index (χ4n) is 3.30. The Bertz CT molecular complexity index is 970. The minimum absolute atomic E-state index is 0.0638. The summed E-state index contributed by atoms with van der Waals surface area (Å²) in [7, 11) is 0. The van der Waals surface area contributed by atoms with E-state index >= 15 is 0 Å². The number of alkyl carbamates (subject to hydrolysis) is 1. The van der Waals surface area contributed by atoms with E-state index in [0.717, 1.165) is 19.3 Å². The molecule has 3 rings (SSSR count). The zero-order valence-electron chi connectivity index (χ0n) is 16.8. The standard InChI is InChI=1S/C21H25N5O3/c1-21(2,3)29-20(28)25-16-6-5-15(10-16)24-18-8-7-17(12-23-18)26-13-14(11-22)4-9-19(26)27/h4,7-9,12-13,15-16H,5-6,10H2,1-3H3,(H,23,24)(H,25,28)/t15-,16-/m0/s1. The van der Waals surface area contributed by atoms with Crippen molar-refractivity contribution < 1.29 is 9.53 Å². The van der Waals surface area contributed by atoms with Crippen molar-refractivity contribution in [3.63, 3.8) is 0 Å². The number of anilines is 1. The third kappa shape index (κ3) is 5.57. The van der Waals surface area contributed by atoms with Gasteiger partial charge >= 0.3 is 6.09 Å². The summed E-state index contributed by atoms with van der Waals surface area (Å²) in [6.07, 6.45) is 5.26. The van der Waals surface area contributed by atoms with Crippen molar-refractivity contribution in [2.45, 2.75) is 57.7 Å². The first kappa shape index (κ1) is 20.4. The molecule has 2 N–H and O–H groups in total. The predicted octanol–water partition coefficient (Wildman–Crippen LogP) is 2.96. The Labute approximate surface area is 169 Å². The molecule has 0 saturated heterocycles. The highest BCUT2D eigenvalue weighted by Crippen LogP contribution is 2.23. The van der Waals surface area contributed by atoms with Crippen LogP contribution in [0.3, 0.4) is 0 Å². The molecule has 0 spiro atoms. The van der Waals surface area contributed by atoms with Gasteiger partial charge in [0.25, 0.3) is 5.56 Å². The van der Waals surface area contributed by atoms with Crippen molar-refractivity contribution in [1.29, 1.82) is 5.26 Å². The molecule has 8 heteroatoms. The molecule has 2 heterocycles. The summed E-state index contributed by atoms with van der Waals surface area (Å²) in [5.41, 5.74) is 0.258. The molecule has 29 heavy (non-hydrogen) atoms. The monoisotopic (exact) mass is 395 g/mol. The van der Waals surface area contributed by atoms with E-state index in [0.29, 0.717) is 17.1 Å². The third-order valence-corrected chi connectivity index (χ3v) is 4.57. The first-order valence-electron chi connectivity index (χ1n) is 9.59. The summed E-state index contributed by atoms with van der Waals surface area (Å²) in [4.78, 5) is 28.3. The molecule has 0 bridgehead atoms. The summed E-state index contributed by atoms with van der Waals surface area (Å²) in [6, 6.07) is 8.71. The number of amides is 1. The number of rotatable bonds is 4.